The quantitative estimate of drug-likeness (QED) is 0.443. The summed E-state index contributed by atoms with van der Waals surface area (Å²) in [5, 5.41) is 2.64. The van der Waals surface area contributed by atoms with E-state index >= 15 is 0 Å². The molecule has 1 saturated heterocycles. The van der Waals surface area contributed by atoms with E-state index in [0.29, 0.717) is 30.0 Å². The zero-order valence-electron chi connectivity index (χ0n) is 16.6. The predicted molar refractivity (Wildman–Crippen MR) is 103 cm³/mol. The Bertz CT molecular complexity index is 915. The van der Waals surface area contributed by atoms with Gasteiger partial charge in [0.25, 0.3) is 5.91 Å². The normalized spacial score (nSPS) is 23.7. The number of carbonyl (C=O) groups excluding carboxylic acids is 4. The van der Waals surface area contributed by atoms with Crippen LogP contribution in [0, 0.1) is 11.8 Å². The molecule has 4 atom stereocenters. The Morgan fingerprint density at radius 2 is 1.70 bits per heavy atom. The first-order valence-corrected chi connectivity index (χ1v) is 9.79. The molecule has 30 heavy (non-hydrogen) atoms. The minimum absolute atomic E-state index is 0.115. The van der Waals surface area contributed by atoms with Gasteiger partial charge in [0.1, 0.15) is 6.04 Å². The van der Waals surface area contributed by atoms with Crippen molar-refractivity contribution in [3.05, 3.63) is 30.4 Å². The van der Waals surface area contributed by atoms with Gasteiger partial charge in [-0.05, 0) is 38.8 Å². The third-order valence-electron chi connectivity index (χ3n) is 5.57. The fraction of sp³-hybridized carbons (Fsp3) is 0.429. The van der Waals surface area contributed by atoms with E-state index in [-0.39, 0.29) is 18.6 Å². The zero-order chi connectivity index (χ0) is 21.4. The molecule has 0 bridgehead atoms. The number of rotatable bonds is 5. The fourth-order valence-electron chi connectivity index (χ4n) is 3.86. The summed E-state index contributed by atoms with van der Waals surface area (Å²) in [6.07, 6.45) is 3.61. The summed E-state index contributed by atoms with van der Waals surface area (Å²) >= 11 is 0. The molecule has 3 aliphatic rings. The highest BCUT2D eigenvalue weighted by molar-refractivity contribution is 6.08. The average molecular weight is 414 g/mol. The molecule has 1 aromatic rings. The molecular weight excluding hydrogens is 392 g/mol. The summed E-state index contributed by atoms with van der Waals surface area (Å²) in [6, 6.07) is 3.81. The molecule has 9 heteroatoms. The van der Waals surface area contributed by atoms with Gasteiger partial charge in [0, 0.05) is 11.8 Å². The van der Waals surface area contributed by atoms with Crippen molar-refractivity contribution in [3.63, 3.8) is 0 Å². The number of benzene rings is 1. The third kappa shape index (κ3) is 3.51. The standard InChI is InChI=1S/C21H22N2O7/c1-11(23-19(25)14-5-3-4-6-15(14)20(23)26)21(27)30-12(2)18(24)22-13-7-8-16-17(9-13)29-10-28-16/h3-4,7-9,11-12,14-15H,5-6,10H2,1-2H3,(H,22,24)/t11-,12-,14-,15-/m0/s1. The van der Waals surface area contributed by atoms with E-state index in [1.165, 1.54) is 13.8 Å². The number of anilines is 1. The summed E-state index contributed by atoms with van der Waals surface area (Å²) in [5.41, 5.74) is 0.460. The molecule has 4 rings (SSSR count). The Kier molecular flexibility index (Phi) is 5.19. The molecule has 1 aromatic carbocycles. The minimum Gasteiger partial charge on any atom is -0.454 e. The van der Waals surface area contributed by atoms with E-state index in [4.69, 9.17) is 14.2 Å². The molecule has 0 radical (unpaired) electrons. The van der Waals surface area contributed by atoms with E-state index in [2.05, 4.69) is 5.32 Å². The van der Waals surface area contributed by atoms with Crippen molar-refractivity contribution in [3.8, 4) is 11.5 Å². The number of hydrogen-bond acceptors (Lipinski definition) is 7. The van der Waals surface area contributed by atoms with Crippen LogP contribution in [0.1, 0.15) is 26.7 Å². The summed E-state index contributed by atoms with van der Waals surface area (Å²) in [4.78, 5) is 51.2. The highest BCUT2D eigenvalue weighted by Crippen LogP contribution is 2.36. The first-order valence-electron chi connectivity index (χ1n) is 9.79. The summed E-state index contributed by atoms with van der Waals surface area (Å²) in [5.74, 6) is -1.85. The van der Waals surface area contributed by atoms with Gasteiger partial charge in [0.05, 0.1) is 11.8 Å². The summed E-state index contributed by atoms with van der Waals surface area (Å²) in [7, 11) is 0. The largest absolute Gasteiger partial charge is 0.454 e. The van der Waals surface area contributed by atoms with E-state index in [9.17, 15) is 19.2 Å². The Labute approximate surface area is 172 Å². The van der Waals surface area contributed by atoms with Crippen LogP contribution in [-0.2, 0) is 23.9 Å². The Hall–Kier alpha value is -3.36. The predicted octanol–water partition coefficient (Wildman–Crippen LogP) is 1.63. The molecule has 158 valence electrons. The molecule has 1 fully saturated rings. The van der Waals surface area contributed by atoms with Gasteiger partial charge in [-0.3, -0.25) is 19.3 Å². The van der Waals surface area contributed by atoms with Crippen molar-refractivity contribution in [1.29, 1.82) is 0 Å². The number of nitrogens with one attached hydrogen (secondary N) is 1. The molecular formula is C21H22N2O7. The number of ether oxygens (including phenoxy) is 3. The molecule has 1 aliphatic carbocycles. The number of carbonyl (C=O) groups is 4. The molecule has 0 spiro atoms. The molecule has 0 aromatic heterocycles. The van der Waals surface area contributed by atoms with Crippen LogP contribution in [0.3, 0.4) is 0 Å². The number of fused-ring (bicyclic) bond motifs is 2. The number of allylic oxidation sites excluding steroid dienone is 2. The second-order valence-electron chi connectivity index (χ2n) is 7.51. The fourth-order valence-corrected chi connectivity index (χ4v) is 3.86. The van der Waals surface area contributed by atoms with E-state index in [1.807, 2.05) is 12.2 Å². The second-order valence-corrected chi connectivity index (χ2v) is 7.51. The number of esters is 1. The van der Waals surface area contributed by atoms with Crippen LogP contribution < -0.4 is 14.8 Å². The summed E-state index contributed by atoms with van der Waals surface area (Å²) < 4.78 is 15.7. The highest BCUT2D eigenvalue weighted by Gasteiger charge is 2.50. The van der Waals surface area contributed by atoms with Crippen LogP contribution in [0.2, 0.25) is 0 Å². The monoisotopic (exact) mass is 414 g/mol. The van der Waals surface area contributed by atoms with Crippen LogP contribution in [0.5, 0.6) is 11.5 Å². The highest BCUT2D eigenvalue weighted by atomic mass is 16.7. The third-order valence-corrected chi connectivity index (χ3v) is 5.57. The van der Waals surface area contributed by atoms with Gasteiger partial charge < -0.3 is 19.5 Å². The molecule has 0 saturated carbocycles. The van der Waals surface area contributed by atoms with Crippen molar-refractivity contribution >= 4 is 29.4 Å². The molecule has 2 aliphatic heterocycles. The van der Waals surface area contributed by atoms with Gasteiger partial charge in [0.15, 0.2) is 17.6 Å². The minimum atomic E-state index is -1.12. The zero-order valence-corrected chi connectivity index (χ0v) is 16.6. The maximum Gasteiger partial charge on any atom is 0.329 e. The van der Waals surface area contributed by atoms with Gasteiger partial charge >= 0.3 is 5.97 Å². The van der Waals surface area contributed by atoms with Crippen LogP contribution >= 0.6 is 0 Å². The van der Waals surface area contributed by atoms with Crippen molar-refractivity contribution in [1.82, 2.24) is 4.90 Å². The van der Waals surface area contributed by atoms with Crippen molar-refractivity contribution in [2.75, 3.05) is 12.1 Å². The van der Waals surface area contributed by atoms with Gasteiger partial charge in [-0.25, -0.2) is 4.79 Å². The van der Waals surface area contributed by atoms with Crippen molar-refractivity contribution in [2.24, 2.45) is 11.8 Å². The van der Waals surface area contributed by atoms with E-state index in [1.54, 1.807) is 18.2 Å². The molecule has 9 nitrogen and oxygen atoms in total. The van der Waals surface area contributed by atoms with Gasteiger partial charge in [-0.2, -0.15) is 0 Å². The molecule has 3 amide bonds. The molecule has 0 unspecified atom stereocenters. The Balaban J connectivity index is 1.36. The first kappa shape index (κ1) is 19.9. The van der Waals surface area contributed by atoms with Gasteiger partial charge in [-0.1, -0.05) is 12.2 Å². The van der Waals surface area contributed by atoms with Gasteiger partial charge in [0.2, 0.25) is 18.6 Å². The second kappa shape index (κ2) is 7.81. The lowest BCUT2D eigenvalue weighted by Crippen LogP contribution is -2.46. The molecule has 1 N–H and O–H groups in total. The average Bonchev–Trinajstić information content (AvgIpc) is 3.30. The van der Waals surface area contributed by atoms with Crippen molar-refractivity contribution in [2.45, 2.75) is 38.8 Å². The van der Waals surface area contributed by atoms with Crippen molar-refractivity contribution < 1.29 is 33.4 Å². The maximum absolute atomic E-state index is 12.6. The smallest absolute Gasteiger partial charge is 0.329 e. The Morgan fingerprint density at radius 1 is 1.07 bits per heavy atom. The first-order chi connectivity index (χ1) is 14.4. The SMILES string of the molecule is C[C@H](OC(=O)[C@H](C)N1C(=O)[C@H]2CC=CC[C@@H]2C1=O)C(=O)Nc1ccc2c(c1)OCO2. The Morgan fingerprint density at radius 3 is 2.37 bits per heavy atom. The van der Waals surface area contributed by atoms with E-state index < -0.39 is 35.9 Å². The molecule has 2 heterocycles. The lowest BCUT2D eigenvalue weighted by Gasteiger charge is -2.23. The lowest BCUT2D eigenvalue weighted by atomic mass is 9.85. The van der Waals surface area contributed by atoms with Crippen LogP contribution in [0.15, 0.2) is 30.4 Å². The topological polar surface area (TPSA) is 111 Å². The number of nitrogens with zero attached hydrogens (tertiary/aromatic N) is 1. The number of amides is 3. The number of hydrogen-bond donors (Lipinski definition) is 1. The van der Waals surface area contributed by atoms with E-state index in [0.717, 1.165) is 4.90 Å². The maximum atomic E-state index is 12.6. The lowest BCUT2D eigenvalue weighted by molar-refractivity contribution is -0.163. The summed E-state index contributed by atoms with van der Waals surface area (Å²) in [6.45, 7) is 2.97. The number of likely N-dealkylation sites (tertiary alicyclic amines) is 1. The van der Waals surface area contributed by atoms with Crippen LogP contribution in [-0.4, -0.2) is 47.5 Å². The van der Waals surface area contributed by atoms with Crippen LogP contribution in [0.4, 0.5) is 5.69 Å². The van der Waals surface area contributed by atoms with Crippen LogP contribution in [0.25, 0.3) is 0 Å². The number of imide groups is 1. The van der Waals surface area contributed by atoms with Gasteiger partial charge in [-0.15, -0.1) is 0 Å².